The van der Waals surface area contributed by atoms with E-state index >= 15 is 0 Å². The molecule has 0 unspecified atom stereocenters. The zero-order valence-electron chi connectivity index (χ0n) is 13.3. The normalized spacial score (nSPS) is 21.0. The molecular formula is C16H18ClN3O3S. The van der Waals surface area contributed by atoms with Crippen LogP contribution in [0.2, 0.25) is 0 Å². The molecule has 1 aliphatic carbocycles. The van der Waals surface area contributed by atoms with Crippen LogP contribution >= 0.6 is 21.8 Å². The Morgan fingerprint density at radius 3 is 2.42 bits per heavy atom. The summed E-state index contributed by atoms with van der Waals surface area (Å²) < 4.78 is 9.13. The first-order valence-corrected chi connectivity index (χ1v) is 9.44. The van der Waals surface area contributed by atoms with Crippen molar-refractivity contribution in [1.29, 1.82) is 0 Å². The van der Waals surface area contributed by atoms with Gasteiger partial charge in [0, 0.05) is 6.04 Å². The lowest BCUT2D eigenvalue weighted by atomic mass is 9.94. The Balaban J connectivity index is 1.94. The standard InChI is InChI=1S/C16H18ClN3O3S/c1-23-13-9-7-12(8-10-13)20-15(21)14(18-24-17)19(16(20)22)11-5-3-2-4-6-11/h7-11H,2-6H2,1H3. The van der Waals surface area contributed by atoms with Crippen molar-refractivity contribution < 1.29 is 14.3 Å². The molecule has 8 heteroatoms. The number of nitrogens with zero attached hydrogens (tertiary/aromatic N) is 3. The van der Waals surface area contributed by atoms with E-state index in [1.807, 2.05) is 0 Å². The Labute approximate surface area is 149 Å². The summed E-state index contributed by atoms with van der Waals surface area (Å²) >= 11 is 0.675. The zero-order valence-corrected chi connectivity index (χ0v) is 14.8. The predicted octanol–water partition coefficient (Wildman–Crippen LogP) is 4.00. The van der Waals surface area contributed by atoms with Gasteiger partial charge in [0.25, 0.3) is 0 Å². The molecule has 0 radical (unpaired) electrons. The van der Waals surface area contributed by atoms with E-state index in [0.29, 0.717) is 22.6 Å². The molecule has 3 rings (SSSR count). The van der Waals surface area contributed by atoms with E-state index in [0.717, 1.165) is 37.0 Å². The molecule has 128 valence electrons. The molecule has 3 amide bonds. The Morgan fingerprint density at radius 1 is 1.17 bits per heavy atom. The van der Waals surface area contributed by atoms with Crippen molar-refractivity contribution in [3.8, 4) is 5.75 Å². The van der Waals surface area contributed by atoms with Gasteiger partial charge in [-0.15, -0.1) is 0 Å². The van der Waals surface area contributed by atoms with Crippen LogP contribution in [0.15, 0.2) is 28.7 Å². The van der Waals surface area contributed by atoms with E-state index in [-0.39, 0.29) is 17.9 Å². The van der Waals surface area contributed by atoms with E-state index in [4.69, 9.17) is 15.4 Å². The third-order valence-corrected chi connectivity index (χ3v) is 4.86. The van der Waals surface area contributed by atoms with Crippen LogP contribution in [-0.4, -0.2) is 35.8 Å². The first-order valence-electron chi connectivity index (χ1n) is 7.85. The molecule has 0 bridgehead atoms. The molecule has 0 atom stereocenters. The summed E-state index contributed by atoms with van der Waals surface area (Å²) in [5, 5.41) is 0. The van der Waals surface area contributed by atoms with Gasteiger partial charge in [-0.3, -0.25) is 9.69 Å². The molecule has 1 aliphatic heterocycles. The number of anilines is 1. The molecule has 1 saturated carbocycles. The second kappa shape index (κ2) is 7.44. The third-order valence-electron chi connectivity index (χ3n) is 4.41. The number of rotatable bonds is 4. The average molecular weight is 368 g/mol. The number of carbonyl (C=O) groups is 2. The highest BCUT2D eigenvalue weighted by Gasteiger charge is 2.46. The first-order chi connectivity index (χ1) is 11.7. The van der Waals surface area contributed by atoms with Crippen molar-refractivity contribution in [3.05, 3.63) is 24.3 Å². The van der Waals surface area contributed by atoms with Gasteiger partial charge in [0.15, 0.2) is 0 Å². The number of hydrogen-bond acceptors (Lipinski definition) is 5. The van der Waals surface area contributed by atoms with Gasteiger partial charge in [-0.2, -0.15) is 4.40 Å². The number of amides is 3. The van der Waals surface area contributed by atoms with Gasteiger partial charge in [0.2, 0.25) is 5.84 Å². The van der Waals surface area contributed by atoms with Gasteiger partial charge in [0.1, 0.15) is 5.75 Å². The number of hydrogen-bond donors (Lipinski definition) is 0. The first kappa shape index (κ1) is 17.1. The molecule has 1 aromatic carbocycles. The molecule has 1 aromatic rings. The number of ether oxygens (including phenoxy) is 1. The van der Waals surface area contributed by atoms with E-state index in [1.54, 1.807) is 31.4 Å². The maximum atomic E-state index is 12.9. The number of imide groups is 1. The zero-order chi connectivity index (χ0) is 17.1. The molecule has 0 aromatic heterocycles. The minimum Gasteiger partial charge on any atom is -0.497 e. The lowest BCUT2D eigenvalue weighted by Crippen LogP contribution is -2.42. The van der Waals surface area contributed by atoms with Crippen LogP contribution in [-0.2, 0) is 4.79 Å². The summed E-state index contributed by atoms with van der Waals surface area (Å²) in [5.74, 6) is 0.332. The second-order valence-electron chi connectivity index (χ2n) is 5.77. The topological polar surface area (TPSA) is 62.2 Å². The maximum absolute atomic E-state index is 12.9. The molecular weight excluding hydrogens is 350 g/mol. The molecule has 24 heavy (non-hydrogen) atoms. The van der Waals surface area contributed by atoms with Crippen molar-refractivity contribution in [2.75, 3.05) is 12.0 Å². The highest BCUT2D eigenvalue weighted by Crippen LogP contribution is 2.31. The minimum atomic E-state index is -0.441. The summed E-state index contributed by atoms with van der Waals surface area (Å²) in [5.41, 5.74) is 0.497. The highest BCUT2D eigenvalue weighted by molar-refractivity contribution is 8.20. The van der Waals surface area contributed by atoms with Gasteiger partial charge in [-0.1, -0.05) is 19.3 Å². The number of urea groups is 1. The van der Waals surface area contributed by atoms with Crippen molar-refractivity contribution in [1.82, 2.24) is 4.90 Å². The second-order valence-corrected chi connectivity index (χ2v) is 6.50. The van der Waals surface area contributed by atoms with Crippen LogP contribution in [0.5, 0.6) is 5.75 Å². The minimum absolute atomic E-state index is 0.000940. The van der Waals surface area contributed by atoms with Crippen LogP contribution < -0.4 is 9.64 Å². The van der Waals surface area contributed by atoms with Gasteiger partial charge >= 0.3 is 11.9 Å². The van der Waals surface area contributed by atoms with Gasteiger partial charge < -0.3 is 4.74 Å². The van der Waals surface area contributed by atoms with Crippen LogP contribution in [0.1, 0.15) is 32.1 Å². The van der Waals surface area contributed by atoms with E-state index < -0.39 is 5.91 Å². The van der Waals surface area contributed by atoms with Crippen LogP contribution in [0.4, 0.5) is 10.5 Å². The average Bonchev–Trinajstić information content (AvgIpc) is 2.86. The number of methoxy groups -OCH3 is 1. The molecule has 2 fully saturated rings. The smallest absolute Gasteiger partial charge is 0.337 e. The molecule has 6 nitrogen and oxygen atoms in total. The van der Waals surface area contributed by atoms with Crippen molar-refractivity contribution in [2.24, 2.45) is 4.40 Å². The monoisotopic (exact) mass is 367 g/mol. The number of amidine groups is 1. The number of halogens is 1. The van der Waals surface area contributed by atoms with Crippen LogP contribution in [0, 0.1) is 0 Å². The lowest BCUT2D eigenvalue weighted by molar-refractivity contribution is -0.111. The summed E-state index contributed by atoms with van der Waals surface area (Å²) in [6.07, 6.45) is 5.01. The largest absolute Gasteiger partial charge is 0.497 e. The molecule has 2 aliphatic rings. The van der Waals surface area contributed by atoms with Gasteiger partial charge in [-0.25, -0.2) is 9.69 Å². The fourth-order valence-corrected chi connectivity index (χ4v) is 3.66. The molecule has 1 heterocycles. The summed E-state index contributed by atoms with van der Waals surface area (Å²) in [7, 11) is 7.20. The maximum Gasteiger partial charge on any atom is 0.337 e. The Bertz CT molecular complexity index is 659. The van der Waals surface area contributed by atoms with E-state index in [1.165, 1.54) is 4.90 Å². The SMILES string of the molecule is COc1ccc(N2C(=O)C(=NSCl)N(C3CCCCC3)C2=O)cc1. The summed E-state index contributed by atoms with van der Waals surface area (Å²) in [4.78, 5) is 28.3. The van der Waals surface area contributed by atoms with Crippen LogP contribution in [0.3, 0.4) is 0 Å². The summed E-state index contributed by atoms with van der Waals surface area (Å²) in [6, 6.07) is 6.44. The van der Waals surface area contributed by atoms with Crippen LogP contribution in [0.25, 0.3) is 0 Å². The Kier molecular flexibility index (Phi) is 5.30. The lowest BCUT2D eigenvalue weighted by Gasteiger charge is -2.29. The van der Waals surface area contributed by atoms with E-state index in [9.17, 15) is 9.59 Å². The Morgan fingerprint density at radius 2 is 1.83 bits per heavy atom. The van der Waals surface area contributed by atoms with Crippen molar-refractivity contribution in [2.45, 2.75) is 38.1 Å². The fraction of sp³-hybridized carbons (Fsp3) is 0.438. The third kappa shape index (κ3) is 3.10. The van der Waals surface area contributed by atoms with Gasteiger partial charge in [-0.05, 0) is 47.8 Å². The quantitative estimate of drug-likeness (QED) is 0.596. The highest BCUT2D eigenvalue weighted by atomic mass is 35.7. The van der Waals surface area contributed by atoms with Crippen molar-refractivity contribution in [3.63, 3.8) is 0 Å². The molecule has 1 saturated heterocycles. The summed E-state index contributed by atoms with van der Waals surface area (Å²) in [6.45, 7) is 0. The predicted molar refractivity (Wildman–Crippen MR) is 95.5 cm³/mol. The fourth-order valence-electron chi connectivity index (χ4n) is 3.23. The molecule has 0 spiro atoms. The Hall–Kier alpha value is -1.73. The van der Waals surface area contributed by atoms with E-state index in [2.05, 4.69) is 4.40 Å². The number of benzene rings is 1. The van der Waals surface area contributed by atoms with Gasteiger partial charge in [0.05, 0.1) is 24.0 Å². The van der Waals surface area contributed by atoms with Crippen molar-refractivity contribution >= 4 is 45.3 Å². The molecule has 0 N–H and O–H groups in total. The number of carbonyl (C=O) groups excluding carboxylic acids is 2.